The van der Waals surface area contributed by atoms with E-state index in [0.29, 0.717) is 0 Å². The first-order valence-electron chi connectivity index (χ1n) is 4.59. The summed E-state index contributed by atoms with van der Waals surface area (Å²) in [5.74, 6) is 0.136. The first-order valence-corrected chi connectivity index (χ1v) is 5.40. The number of hydrogen-bond donors (Lipinski definition) is 0. The Hall–Kier alpha value is -1.15. The van der Waals surface area contributed by atoms with Gasteiger partial charge in [-0.3, -0.25) is 4.79 Å². The van der Waals surface area contributed by atoms with Crippen molar-refractivity contribution in [2.45, 2.75) is 20.8 Å². The van der Waals surface area contributed by atoms with E-state index in [4.69, 9.17) is 0 Å². The molecule has 0 bridgehead atoms. The minimum Gasteiger partial charge on any atom is -0.294 e. The molecule has 0 aromatic carbocycles. The second kappa shape index (κ2) is 4.91. The average molecular weight is 206 g/mol. The molecule has 0 aliphatic heterocycles. The molecule has 0 spiro atoms. The molecule has 1 heterocycles. The van der Waals surface area contributed by atoms with Crippen molar-refractivity contribution in [2.24, 2.45) is 0 Å². The SMILES string of the molecule is C/C=C\C(=C/C)c1ccc(C(C)=O)s1. The third-order valence-corrected chi connectivity index (χ3v) is 3.13. The van der Waals surface area contributed by atoms with E-state index in [1.54, 1.807) is 18.3 Å². The summed E-state index contributed by atoms with van der Waals surface area (Å²) in [6.07, 6.45) is 6.11. The topological polar surface area (TPSA) is 17.1 Å². The molecule has 0 saturated heterocycles. The van der Waals surface area contributed by atoms with Crippen LogP contribution in [0.15, 0.2) is 30.4 Å². The summed E-state index contributed by atoms with van der Waals surface area (Å²) in [6.45, 7) is 5.59. The summed E-state index contributed by atoms with van der Waals surface area (Å²) < 4.78 is 0. The van der Waals surface area contributed by atoms with Gasteiger partial charge in [0.1, 0.15) is 0 Å². The van der Waals surface area contributed by atoms with Crippen molar-refractivity contribution >= 4 is 22.7 Å². The van der Waals surface area contributed by atoms with Gasteiger partial charge in [-0.2, -0.15) is 0 Å². The van der Waals surface area contributed by atoms with Gasteiger partial charge in [-0.05, 0) is 38.5 Å². The molecule has 0 fully saturated rings. The highest BCUT2D eigenvalue weighted by molar-refractivity contribution is 7.15. The van der Waals surface area contributed by atoms with Crippen LogP contribution in [0.1, 0.15) is 35.3 Å². The van der Waals surface area contributed by atoms with Crippen molar-refractivity contribution in [3.05, 3.63) is 40.1 Å². The lowest BCUT2D eigenvalue weighted by molar-refractivity contribution is 0.102. The summed E-state index contributed by atoms with van der Waals surface area (Å²) in [5, 5.41) is 0. The number of thiophene rings is 1. The van der Waals surface area contributed by atoms with E-state index >= 15 is 0 Å². The fraction of sp³-hybridized carbons (Fsp3) is 0.250. The Kier molecular flexibility index (Phi) is 3.84. The molecule has 1 nitrogen and oxygen atoms in total. The molecule has 0 aliphatic carbocycles. The number of ketones is 1. The van der Waals surface area contributed by atoms with Crippen molar-refractivity contribution in [3.8, 4) is 0 Å². The van der Waals surface area contributed by atoms with E-state index in [2.05, 4.69) is 12.2 Å². The van der Waals surface area contributed by atoms with Crippen LogP contribution in [0.4, 0.5) is 0 Å². The van der Waals surface area contributed by atoms with Crippen molar-refractivity contribution in [3.63, 3.8) is 0 Å². The molecule has 0 amide bonds. The maximum Gasteiger partial charge on any atom is 0.169 e. The van der Waals surface area contributed by atoms with Crippen molar-refractivity contribution in [2.75, 3.05) is 0 Å². The van der Waals surface area contributed by atoms with Crippen LogP contribution in [0.2, 0.25) is 0 Å². The Bertz CT molecular complexity index is 383. The van der Waals surface area contributed by atoms with Gasteiger partial charge in [0.2, 0.25) is 0 Å². The van der Waals surface area contributed by atoms with Crippen LogP contribution in [-0.2, 0) is 0 Å². The second-order valence-electron chi connectivity index (χ2n) is 2.96. The van der Waals surface area contributed by atoms with Gasteiger partial charge in [0, 0.05) is 4.88 Å². The zero-order valence-corrected chi connectivity index (χ0v) is 9.52. The molecule has 74 valence electrons. The Morgan fingerprint density at radius 3 is 2.36 bits per heavy atom. The fourth-order valence-corrected chi connectivity index (χ4v) is 2.14. The van der Waals surface area contributed by atoms with Crippen molar-refractivity contribution < 1.29 is 4.79 Å². The van der Waals surface area contributed by atoms with Gasteiger partial charge in [-0.25, -0.2) is 0 Å². The zero-order chi connectivity index (χ0) is 10.6. The monoisotopic (exact) mass is 206 g/mol. The van der Waals surface area contributed by atoms with E-state index < -0.39 is 0 Å². The summed E-state index contributed by atoms with van der Waals surface area (Å²) in [6, 6.07) is 3.88. The van der Waals surface area contributed by atoms with Crippen molar-refractivity contribution in [1.82, 2.24) is 0 Å². The van der Waals surface area contributed by atoms with Gasteiger partial charge in [-0.1, -0.05) is 18.2 Å². The molecule has 1 aromatic heterocycles. The maximum absolute atomic E-state index is 11.1. The molecule has 0 N–H and O–H groups in total. The first-order chi connectivity index (χ1) is 6.69. The lowest BCUT2D eigenvalue weighted by Gasteiger charge is -1.95. The smallest absolute Gasteiger partial charge is 0.169 e. The number of hydrogen-bond acceptors (Lipinski definition) is 2. The van der Waals surface area contributed by atoms with Crippen LogP contribution >= 0.6 is 11.3 Å². The molecular formula is C12H14OS. The predicted octanol–water partition coefficient (Wildman–Crippen LogP) is 3.93. The fourth-order valence-electron chi connectivity index (χ4n) is 1.18. The van der Waals surface area contributed by atoms with E-state index in [9.17, 15) is 4.79 Å². The van der Waals surface area contributed by atoms with E-state index in [0.717, 1.165) is 9.75 Å². The van der Waals surface area contributed by atoms with Gasteiger partial charge < -0.3 is 0 Å². The third-order valence-electron chi connectivity index (χ3n) is 1.89. The third kappa shape index (κ3) is 2.42. The zero-order valence-electron chi connectivity index (χ0n) is 8.70. The lowest BCUT2D eigenvalue weighted by Crippen LogP contribution is -1.83. The molecular weight excluding hydrogens is 192 g/mol. The largest absolute Gasteiger partial charge is 0.294 e. The highest BCUT2D eigenvalue weighted by Crippen LogP contribution is 2.25. The first kappa shape index (κ1) is 10.9. The maximum atomic E-state index is 11.1. The minimum atomic E-state index is 0.136. The van der Waals surface area contributed by atoms with Gasteiger partial charge in [0.05, 0.1) is 4.88 Å². The summed E-state index contributed by atoms with van der Waals surface area (Å²) in [5.41, 5.74) is 1.17. The van der Waals surface area contributed by atoms with Crippen LogP contribution in [0.3, 0.4) is 0 Å². The van der Waals surface area contributed by atoms with Crippen LogP contribution in [-0.4, -0.2) is 5.78 Å². The number of carbonyl (C=O) groups excluding carboxylic acids is 1. The summed E-state index contributed by atoms with van der Waals surface area (Å²) in [4.78, 5) is 13.1. The van der Waals surface area contributed by atoms with Crippen LogP contribution in [0.25, 0.3) is 5.57 Å². The summed E-state index contributed by atoms with van der Waals surface area (Å²) in [7, 11) is 0. The highest BCUT2D eigenvalue weighted by Gasteiger charge is 2.05. The number of Topliss-reactive ketones (excluding diaryl/α,β-unsaturated/α-hetero) is 1. The van der Waals surface area contributed by atoms with Gasteiger partial charge in [-0.15, -0.1) is 11.3 Å². The van der Waals surface area contributed by atoms with Crippen LogP contribution in [0.5, 0.6) is 0 Å². The van der Waals surface area contributed by atoms with Gasteiger partial charge in [0.15, 0.2) is 5.78 Å². The van der Waals surface area contributed by atoms with Crippen molar-refractivity contribution in [1.29, 1.82) is 0 Å². The average Bonchev–Trinajstić information content (AvgIpc) is 2.63. The molecule has 0 atom stereocenters. The normalized spacial score (nSPS) is 12.4. The molecule has 0 unspecified atom stereocenters. The standard InChI is InChI=1S/C12H14OS/c1-4-6-10(5-2)12-8-7-11(14-12)9(3)13/h4-8H,1-3H3/b6-4-,10-5+. The highest BCUT2D eigenvalue weighted by atomic mass is 32.1. The predicted molar refractivity (Wildman–Crippen MR) is 62.8 cm³/mol. The lowest BCUT2D eigenvalue weighted by atomic mass is 10.2. The molecule has 1 aromatic rings. The quantitative estimate of drug-likeness (QED) is 0.541. The molecule has 0 radical (unpaired) electrons. The molecule has 14 heavy (non-hydrogen) atoms. The molecule has 0 aliphatic rings. The number of rotatable bonds is 3. The minimum absolute atomic E-state index is 0.136. The van der Waals surface area contributed by atoms with Gasteiger partial charge in [0.25, 0.3) is 0 Å². The second-order valence-corrected chi connectivity index (χ2v) is 4.05. The van der Waals surface area contributed by atoms with Crippen LogP contribution < -0.4 is 0 Å². The van der Waals surface area contributed by atoms with E-state index in [1.807, 2.05) is 32.1 Å². The van der Waals surface area contributed by atoms with Gasteiger partial charge >= 0.3 is 0 Å². The Labute approximate surface area is 88.8 Å². The molecule has 2 heteroatoms. The Morgan fingerprint density at radius 2 is 1.93 bits per heavy atom. The Morgan fingerprint density at radius 1 is 1.29 bits per heavy atom. The molecule has 0 saturated carbocycles. The number of carbonyl (C=O) groups is 1. The number of allylic oxidation sites excluding steroid dienone is 4. The van der Waals surface area contributed by atoms with Crippen LogP contribution in [0, 0.1) is 0 Å². The summed E-state index contributed by atoms with van der Waals surface area (Å²) >= 11 is 1.54. The molecule has 1 rings (SSSR count). The Balaban J connectivity index is 3.01. The van der Waals surface area contributed by atoms with E-state index in [-0.39, 0.29) is 5.78 Å². The van der Waals surface area contributed by atoms with E-state index in [1.165, 1.54) is 5.57 Å².